The first-order valence-electron chi connectivity index (χ1n) is 8.22. The molecule has 1 heterocycles. The van der Waals surface area contributed by atoms with Crippen LogP contribution in [0.15, 0.2) is 36.4 Å². The zero-order valence-corrected chi connectivity index (χ0v) is 13.7. The average Bonchev–Trinajstić information content (AvgIpc) is 2.59. The monoisotopic (exact) mass is 331 g/mol. The number of hydrogen-bond donors (Lipinski definition) is 2. The molecule has 0 aliphatic carbocycles. The predicted octanol–water partition coefficient (Wildman–Crippen LogP) is 3.68. The maximum atomic E-state index is 13.8. The van der Waals surface area contributed by atoms with Crippen molar-refractivity contribution >= 4 is 0 Å². The molecule has 0 aromatic heterocycles. The van der Waals surface area contributed by atoms with Crippen LogP contribution in [0.4, 0.5) is 4.39 Å². The first kappa shape index (κ1) is 16.7. The normalized spacial score (nSPS) is 14.8. The van der Waals surface area contributed by atoms with Crippen LogP contribution in [0.1, 0.15) is 36.1 Å². The Bertz CT molecular complexity index is 705. The summed E-state index contributed by atoms with van der Waals surface area (Å²) in [5.41, 5.74) is 2.47. The fraction of sp³-hybridized carbons (Fsp3) is 0.368. The molecule has 0 fully saturated rings. The van der Waals surface area contributed by atoms with Gasteiger partial charge in [-0.3, -0.25) is 0 Å². The molecule has 2 aromatic rings. The summed E-state index contributed by atoms with van der Waals surface area (Å²) in [5, 5.41) is 13.4. The van der Waals surface area contributed by atoms with Gasteiger partial charge in [-0.15, -0.1) is 0 Å². The lowest BCUT2D eigenvalue weighted by Gasteiger charge is -2.22. The average molecular weight is 331 g/mol. The minimum absolute atomic E-state index is 0.0554. The minimum atomic E-state index is -0.273. The van der Waals surface area contributed by atoms with Gasteiger partial charge in [0, 0.05) is 17.2 Å². The van der Waals surface area contributed by atoms with Crippen molar-refractivity contribution in [3.63, 3.8) is 0 Å². The third-order valence-electron chi connectivity index (χ3n) is 4.26. The highest BCUT2D eigenvalue weighted by atomic mass is 19.1. The van der Waals surface area contributed by atoms with E-state index < -0.39 is 0 Å². The van der Waals surface area contributed by atoms with Gasteiger partial charge in [-0.25, -0.2) is 4.39 Å². The Morgan fingerprint density at radius 1 is 1.29 bits per heavy atom. The number of aromatic hydroxyl groups is 1. The summed E-state index contributed by atoms with van der Waals surface area (Å²) < 4.78 is 24.5. The fourth-order valence-corrected chi connectivity index (χ4v) is 3.08. The molecule has 0 radical (unpaired) electrons. The van der Waals surface area contributed by atoms with Crippen molar-refractivity contribution in [2.75, 3.05) is 13.3 Å². The molecule has 2 aromatic carbocycles. The third kappa shape index (κ3) is 3.68. The van der Waals surface area contributed by atoms with E-state index in [1.165, 1.54) is 12.1 Å². The van der Waals surface area contributed by atoms with Gasteiger partial charge in [0.05, 0.1) is 6.61 Å². The number of ether oxygens (including phenoxy) is 2. The van der Waals surface area contributed by atoms with E-state index in [0.29, 0.717) is 25.3 Å². The fourth-order valence-electron chi connectivity index (χ4n) is 3.08. The van der Waals surface area contributed by atoms with E-state index in [4.69, 9.17) is 9.47 Å². The van der Waals surface area contributed by atoms with Crippen LogP contribution in [-0.4, -0.2) is 18.4 Å². The van der Waals surface area contributed by atoms with Crippen LogP contribution >= 0.6 is 0 Å². The maximum absolute atomic E-state index is 13.8. The number of nitrogens with one attached hydrogen (secondary N) is 1. The number of para-hydroxylation sites is 1. The summed E-state index contributed by atoms with van der Waals surface area (Å²) >= 11 is 0. The van der Waals surface area contributed by atoms with Crippen molar-refractivity contribution < 1.29 is 19.0 Å². The van der Waals surface area contributed by atoms with Gasteiger partial charge in [0.2, 0.25) is 0 Å². The van der Waals surface area contributed by atoms with E-state index in [-0.39, 0.29) is 18.7 Å². The Morgan fingerprint density at radius 3 is 2.92 bits per heavy atom. The Hall–Kier alpha value is -2.11. The number of phenols is 1. The SMILES string of the molecule is CC[C@@H](NCCc1cc(F)cc2c1OCOC2)c1ccccc1O. The zero-order valence-electron chi connectivity index (χ0n) is 13.7. The number of rotatable bonds is 6. The summed E-state index contributed by atoms with van der Waals surface area (Å²) in [4.78, 5) is 0. The molecular weight excluding hydrogens is 309 g/mol. The molecule has 1 atom stereocenters. The second kappa shape index (κ2) is 7.64. The molecule has 4 nitrogen and oxygen atoms in total. The maximum Gasteiger partial charge on any atom is 0.189 e. The van der Waals surface area contributed by atoms with Crippen LogP contribution < -0.4 is 10.1 Å². The van der Waals surface area contributed by atoms with Crippen LogP contribution in [0.3, 0.4) is 0 Å². The summed E-state index contributed by atoms with van der Waals surface area (Å²) in [6, 6.07) is 10.4. The number of phenolic OH excluding ortho intramolecular Hbond substituents is 1. The highest BCUT2D eigenvalue weighted by Crippen LogP contribution is 2.30. The smallest absolute Gasteiger partial charge is 0.189 e. The molecule has 0 saturated heterocycles. The number of fused-ring (bicyclic) bond motifs is 1. The molecule has 0 saturated carbocycles. The van der Waals surface area contributed by atoms with Gasteiger partial charge < -0.3 is 19.9 Å². The van der Waals surface area contributed by atoms with Gasteiger partial charge in [-0.1, -0.05) is 25.1 Å². The van der Waals surface area contributed by atoms with Crippen molar-refractivity contribution in [3.8, 4) is 11.5 Å². The molecule has 1 aliphatic heterocycles. The topological polar surface area (TPSA) is 50.7 Å². The highest BCUT2D eigenvalue weighted by molar-refractivity contribution is 5.43. The van der Waals surface area contributed by atoms with Gasteiger partial charge in [0.25, 0.3) is 0 Å². The van der Waals surface area contributed by atoms with Gasteiger partial charge in [-0.05, 0) is 43.1 Å². The number of hydrogen-bond acceptors (Lipinski definition) is 4. The third-order valence-corrected chi connectivity index (χ3v) is 4.26. The Labute approximate surface area is 141 Å². The first-order chi connectivity index (χ1) is 11.7. The van der Waals surface area contributed by atoms with Gasteiger partial charge in [-0.2, -0.15) is 0 Å². The highest BCUT2D eigenvalue weighted by Gasteiger charge is 2.18. The molecular formula is C19H22FNO3. The second-order valence-electron chi connectivity index (χ2n) is 5.89. The summed E-state index contributed by atoms with van der Waals surface area (Å²) in [7, 11) is 0. The molecule has 0 spiro atoms. The van der Waals surface area contributed by atoms with Crippen LogP contribution in [0.5, 0.6) is 11.5 Å². The largest absolute Gasteiger partial charge is 0.508 e. The van der Waals surface area contributed by atoms with Crippen molar-refractivity contribution in [3.05, 3.63) is 58.9 Å². The van der Waals surface area contributed by atoms with E-state index in [1.54, 1.807) is 6.07 Å². The van der Waals surface area contributed by atoms with E-state index in [0.717, 1.165) is 28.9 Å². The van der Waals surface area contributed by atoms with Gasteiger partial charge >= 0.3 is 0 Å². The van der Waals surface area contributed by atoms with Crippen LogP contribution in [0, 0.1) is 5.82 Å². The molecule has 3 rings (SSSR count). The molecule has 1 aliphatic rings. The van der Waals surface area contributed by atoms with E-state index in [9.17, 15) is 9.50 Å². The molecule has 128 valence electrons. The first-order valence-corrected chi connectivity index (χ1v) is 8.22. The standard InChI is InChI=1S/C19H22FNO3/c1-2-17(16-5-3-4-6-18(16)22)21-8-7-13-9-15(20)10-14-11-23-12-24-19(13)14/h3-6,9-10,17,21-22H,2,7-8,11-12H2,1H3/t17-/m1/s1. The Balaban J connectivity index is 1.68. The molecule has 5 heteroatoms. The molecule has 2 N–H and O–H groups in total. The van der Waals surface area contributed by atoms with Gasteiger partial charge in [0.15, 0.2) is 6.79 Å². The molecule has 0 unspecified atom stereocenters. The second-order valence-corrected chi connectivity index (χ2v) is 5.89. The van der Waals surface area contributed by atoms with Crippen molar-refractivity contribution in [1.82, 2.24) is 5.32 Å². The summed E-state index contributed by atoms with van der Waals surface area (Å²) in [5.74, 6) is 0.756. The molecule has 0 bridgehead atoms. The lowest BCUT2D eigenvalue weighted by molar-refractivity contribution is -0.0172. The van der Waals surface area contributed by atoms with Crippen LogP contribution in [0.25, 0.3) is 0 Å². The van der Waals surface area contributed by atoms with Crippen molar-refractivity contribution in [2.45, 2.75) is 32.4 Å². The van der Waals surface area contributed by atoms with Crippen LogP contribution in [-0.2, 0) is 17.8 Å². The van der Waals surface area contributed by atoms with Crippen molar-refractivity contribution in [1.29, 1.82) is 0 Å². The van der Waals surface area contributed by atoms with E-state index in [2.05, 4.69) is 12.2 Å². The number of halogens is 1. The minimum Gasteiger partial charge on any atom is -0.508 e. The Morgan fingerprint density at radius 2 is 2.12 bits per heavy atom. The Kier molecular flexibility index (Phi) is 5.33. The quantitative estimate of drug-likeness (QED) is 0.848. The van der Waals surface area contributed by atoms with E-state index >= 15 is 0 Å². The lowest BCUT2D eigenvalue weighted by atomic mass is 10.0. The molecule has 24 heavy (non-hydrogen) atoms. The van der Waals surface area contributed by atoms with Crippen molar-refractivity contribution in [2.24, 2.45) is 0 Å². The molecule has 0 amide bonds. The lowest BCUT2D eigenvalue weighted by Crippen LogP contribution is -2.24. The van der Waals surface area contributed by atoms with Crippen LogP contribution in [0.2, 0.25) is 0 Å². The predicted molar refractivity (Wildman–Crippen MR) is 89.5 cm³/mol. The number of benzene rings is 2. The summed E-state index contributed by atoms with van der Waals surface area (Å²) in [6.07, 6.45) is 1.49. The summed E-state index contributed by atoms with van der Waals surface area (Å²) in [6.45, 7) is 3.30. The zero-order chi connectivity index (χ0) is 16.9. The van der Waals surface area contributed by atoms with Gasteiger partial charge in [0.1, 0.15) is 17.3 Å². The van der Waals surface area contributed by atoms with E-state index in [1.807, 2.05) is 18.2 Å².